The number of rotatable bonds is 7. The molecule has 1 heterocycles. The van der Waals surface area contributed by atoms with Crippen molar-refractivity contribution in [3.05, 3.63) is 0 Å². The summed E-state index contributed by atoms with van der Waals surface area (Å²) in [6.45, 7) is 2.93. The van der Waals surface area contributed by atoms with Gasteiger partial charge in [0.05, 0.1) is 0 Å². The van der Waals surface area contributed by atoms with Crippen LogP contribution in [0.4, 0.5) is 0 Å². The van der Waals surface area contributed by atoms with E-state index in [2.05, 4.69) is 4.72 Å². The SMILES string of the molecule is CSCCC(NS(=O)(=O)N1CCCC(C)C1)C(=O)O. The highest BCUT2D eigenvalue weighted by Gasteiger charge is 2.31. The number of carboxylic acids is 1. The number of hydrogen-bond acceptors (Lipinski definition) is 4. The predicted octanol–water partition coefficient (Wildman–Crippen LogP) is 0.759. The lowest BCUT2D eigenvalue weighted by Gasteiger charge is -2.31. The molecule has 1 saturated heterocycles. The molecule has 1 rings (SSSR count). The van der Waals surface area contributed by atoms with Crippen LogP contribution in [-0.4, -0.2) is 54.9 Å². The lowest BCUT2D eigenvalue weighted by molar-refractivity contribution is -0.139. The average molecular weight is 310 g/mol. The van der Waals surface area contributed by atoms with Crippen molar-refractivity contribution in [1.82, 2.24) is 9.03 Å². The molecule has 0 aromatic carbocycles. The highest BCUT2D eigenvalue weighted by atomic mass is 32.2. The number of aliphatic carboxylic acids is 1. The van der Waals surface area contributed by atoms with E-state index >= 15 is 0 Å². The third kappa shape index (κ3) is 5.29. The molecule has 6 nitrogen and oxygen atoms in total. The van der Waals surface area contributed by atoms with Gasteiger partial charge in [0.1, 0.15) is 6.04 Å². The minimum absolute atomic E-state index is 0.291. The number of thioether (sulfide) groups is 1. The van der Waals surface area contributed by atoms with E-state index in [-0.39, 0.29) is 0 Å². The smallest absolute Gasteiger partial charge is 0.321 e. The summed E-state index contributed by atoms with van der Waals surface area (Å²) in [5, 5.41) is 9.06. The molecule has 0 aliphatic carbocycles. The number of piperidine rings is 1. The van der Waals surface area contributed by atoms with Crippen molar-refractivity contribution in [3.63, 3.8) is 0 Å². The first-order valence-corrected chi connectivity index (χ1v) is 9.19. The summed E-state index contributed by atoms with van der Waals surface area (Å²) in [5.41, 5.74) is 0. The zero-order chi connectivity index (χ0) is 14.5. The zero-order valence-electron chi connectivity index (χ0n) is 11.3. The Hall–Kier alpha value is -0.310. The fourth-order valence-corrected chi connectivity index (χ4v) is 4.11. The highest BCUT2D eigenvalue weighted by molar-refractivity contribution is 7.98. The van der Waals surface area contributed by atoms with E-state index in [4.69, 9.17) is 5.11 Å². The maximum absolute atomic E-state index is 12.2. The monoisotopic (exact) mass is 310 g/mol. The minimum atomic E-state index is -3.70. The van der Waals surface area contributed by atoms with Crippen LogP contribution in [0.1, 0.15) is 26.2 Å². The van der Waals surface area contributed by atoms with Crippen LogP contribution in [0.2, 0.25) is 0 Å². The second-order valence-electron chi connectivity index (χ2n) is 4.90. The Bertz CT molecular complexity index is 399. The fraction of sp³-hybridized carbons (Fsp3) is 0.909. The summed E-state index contributed by atoms with van der Waals surface area (Å²) in [6, 6.07) is -1.05. The fourth-order valence-electron chi connectivity index (χ4n) is 2.09. The molecular formula is C11H22N2O4S2. The van der Waals surface area contributed by atoms with Crippen LogP contribution in [0.5, 0.6) is 0 Å². The van der Waals surface area contributed by atoms with Crippen molar-refractivity contribution in [1.29, 1.82) is 0 Å². The third-order valence-corrected chi connectivity index (χ3v) is 5.40. The van der Waals surface area contributed by atoms with Crippen molar-refractivity contribution < 1.29 is 18.3 Å². The van der Waals surface area contributed by atoms with Crippen molar-refractivity contribution in [2.45, 2.75) is 32.2 Å². The third-order valence-electron chi connectivity index (χ3n) is 3.16. The zero-order valence-corrected chi connectivity index (χ0v) is 13.0. The maximum Gasteiger partial charge on any atom is 0.321 e. The van der Waals surface area contributed by atoms with Gasteiger partial charge in [-0.25, -0.2) is 0 Å². The molecule has 0 bridgehead atoms. The van der Waals surface area contributed by atoms with Crippen molar-refractivity contribution in [2.24, 2.45) is 5.92 Å². The lowest BCUT2D eigenvalue weighted by Crippen LogP contribution is -2.51. The molecule has 0 spiro atoms. The minimum Gasteiger partial charge on any atom is -0.480 e. The second-order valence-corrected chi connectivity index (χ2v) is 7.59. The summed E-state index contributed by atoms with van der Waals surface area (Å²) < 4.78 is 28.0. The first-order chi connectivity index (χ1) is 8.86. The Morgan fingerprint density at radius 3 is 2.79 bits per heavy atom. The molecule has 2 N–H and O–H groups in total. The van der Waals surface area contributed by atoms with Crippen LogP contribution in [0.15, 0.2) is 0 Å². The van der Waals surface area contributed by atoms with Crippen molar-refractivity contribution in [2.75, 3.05) is 25.1 Å². The van der Waals surface area contributed by atoms with Crippen LogP contribution in [0.3, 0.4) is 0 Å². The standard InChI is InChI=1S/C11H22N2O4S2/c1-9-4-3-6-13(8-9)19(16,17)12-10(11(14)15)5-7-18-2/h9-10,12H,3-8H2,1-2H3,(H,14,15). The Labute approximate surface area is 119 Å². The van der Waals surface area contributed by atoms with Gasteiger partial charge in [0, 0.05) is 13.1 Å². The van der Waals surface area contributed by atoms with Crippen LogP contribution in [0, 0.1) is 5.92 Å². The summed E-state index contributed by atoms with van der Waals surface area (Å²) >= 11 is 1.50. The van der Waals surface area contributed by atoms with Gasteiger partial charge >= 0.3 is 5.97 Å². The van der Waals surface area contributed by atoms with E-state index in [0.717, 1.165) is 12.8 Å². The largest absolute Gasteiger partial charge is 0.480 e. The number of carbonyl (C=O) groups is 1. The molecule has 0 aromatic heterocycles. The summed E-state index contributed by atoms with van der Waals surface area (Å²) in [6.07, 6.45) is 3.99. The van der Waals surface area contributed by atoms with Crippen LogP contribution < -0.4 is 4.72 Å². The normalized spacial score (nSPS) is 23.2. The average Bonchev–Trinajstić information content (AvgIpc) is 2.34. The lowest BCUT2D eigenvalue weighted by atomic mass is 10.0. The Morgan fingerprint density at radius 2 is 2.26 bits per heavy atom. The summed E-state index contributed by atoms with van der Waals surface area (Å²) in [7, 11) is -3.70. The van der Waals surface area contributed by atoms with Crippen molar-refractivity contribution >= 4 is 27.9 Å². The van der Waals surface area contributed by atoms with Gasteiger partial charge in [0.25, 0.3) is 10.2 Å². The first kappa shape index (κ1) is 16.7. The van der Waals surface area contributed by atoms with Gasteiger partial charge < -0.3 is 5.11 Å². The van der Waals surface area contributed by atoms with E-state index in [9.17, 15) is 13.2 Å². The van der Waals surface area contributed by atoms with E-state index in [1.54, 1.807) is 0 Å². The number of nitrogens with zero attached hydrogens (tertiary/aromatic N) is 1. The summed E-state index contributed by atoms with van der Waals surface area (Å²) in [4.78, 5) is 11.1. The maximum atomic E-state index is 12.2. The van der Waals surface area contributed by atoms with Gasteiger partial charge in [-0.1, -0.05) is 6.92 Å². The molecule has 19 heavy (non-hydrogen) atoms. The molecule has 112 valence electrons. The van der Waals surface area contributed by atoms with Gasteiger partial charge in [-0.15, -0.1) is 0 Å². The molecule has 0 radical (unpaired) electrons. The van der Waals surface area contributed by atoms with Gasteiger partial charge in [0.15, 0.2) is 0 Å². The number of nitrogens with one attached hydrogen (secondary N) is 1. The molecule has 1 aliphatic heterocycles. The Kier molecular flexibility index (Phi) is 6.58. The molecular weight excluding hydrogens is 288 g/mol. The molecule has 0 amide bonds. The predicted molar refractivity (Wildman–Crippen MR) is 76.4 cm³/mol. The van der Waals surface area contributed by atoms with E-state index < -0.39 is 22.2 Å². The van der Waals surface area contributed by atoms with Crippen molar-refractivity contribution in [3.8, 4) is 0 Å². The molecule has 2 unspecified atom stereocenters. The van der Waals surface area contributed by atoms with E-state index in [0.29, 0.717) is 31.2 Å². The van der Waals surface area contributed by atoms with E-state index in [1.165, 1.54) is 16.1 Å². The highest BCUT2D eigenvalue weighted by Crippen LogP contribution is 2.18. The van der Waals surface area contributed by atoms with Crippen LogP contribution in [-0.2, 0) is 15.0 Å². The molecule has 1 aliphatic rings. The Morgan fingerprint density at radius 1 is 1.58 bits per heavy atom. The number of hydrogen-bond donors (Lipinski definition) is 2. The molecule has 2 atom stereocenters. The van der Waals surface area contributed by atoms with Crippen LogP contribution in [0.25, 0.3) is 0 Å². The van der Waals surface area contributed by atoms with E-state index in [1.807, 2.05) is 13.2 Å². The topological polar surface area (TPSA) is 86.7 Å². The number of carboxylic acid groups (broad SMARTS) is 1. The van der Waals surface area contributed by atoms with Gasteiger partial charge in [0.2, 0.25) is 0 Å². The Balaban J connectivity index is 2.67. The summed E-state index contributed by atoms with van der Waals surface area (Å²) in [5.74, 6) is -0.196. The quantitative estimate of drug-likeness (QED) is 0.725. The van der Waals surface area contributed by atoms with Gasteiger partial charge in [-0.2, -0.15) is 29.2 Å². The molecule has 1 fully saturated rings. The second kappa shape index (κ2) is 7.47. The molecule has 8 heteroatoms. The molecule has 0 aromatic rings. The van der Waals surface area contributed by atoms with Crippen LogP contribution >= 0.6 is 11.8 Å². The molecule has 0 saturated carbocycles. The first-order valence-electron chi connectivity index (χ1n) is 6.36. The van der Waals surface area contributed by atoms with Gasteiger partial charge in [-0.3, -0.25) is 4.79 Å². The van der Waals surface area contributed by atoms with Gasteiger partial charge in [-0.05, 0) is 37.2 Å².